The van der Waals surface area contributed by atoms with Crippen LogP contribution in [-0.4, -0.2) is 72.3 Å². The molecule has 27 heavy (non-hydrogen) atoms. The quantitative estimate of drug-likeness (QED) is 0.837. The molecule has 0 aromatic heterocycles. The number of benzene rings is 1. The molecule has 7 nitrogen and oxygen atoms in total. The van der Waals surface area contributed by atoms with E-state index >= 15 is 0 Å². The minimum absolute atomic E-state index is 0.0309. The number of nitrogens with zero attached hydrogens (tertiary/aromatic N) is 2. The summed E-state index contributed by atoms with van der Waals surface area (Å²) in [5.41, 5.74) is -0.0551. The first-order chi connectivity index (χ1) is 12.8. The van der Waals surface area contributed by atoms with Crippen molar-refractivity contribution in [2.24, 2.45) is 0 Å². The Balaban J connectivity index is 1.60. The lowest BCUT2D eigenvalue weighted by Crippen LogP contribution is -2.56. The SMILES string of the molecule is CC(NC(=O)N1CCCC(O)(CC(=O)N(C)C)C1)C1COc2ccccc21. The highest BCUT2D eigenvalue weighted by atomic mass is 16.5. The number of para-hydroxylation sites is 1. The van der Waals surface area contributed by atoms with Gasteiger partial charge in [0, 0.05) is 38.2 Å². The monoisotopic (exact) mass is 375 g/mol. The number of hydrogen-bond acceptors (Lipinski definition) is 4. The Morgan fingerprint density at radius 2 is 2.15 bits per heavy atom. The molecule has 148 valence electrons. The highest BCUT2D eigenvalue weighted by Gasteiger charge is 2.38. The Morgan fingerprint density at radius 3 is 2.89 bits per heavy atom. The van der Waals surface area contributed by atoms with Gasteiger partial charge in [-0.05, 0) is 25.8 Å². The van der Waals surface area contributed by atoms with Crippen molar-refractivity contribution in [2.45, 2.75) is 43.7 Å². The Kier molecular flexibility index (Phi) is 5.60. The molecule has 3 atom stereocenters. The molecule has 0 spiro atoms. The molecule has 0 radical (unpaired) electrons. The van der Waals surface area contributed by atoms with E-state index in [4.69, 9.17) is 4.74 Å². The van der Waals surface area contributed by atoms with Gasteiger partial charge in [-0.1, -0.05) is 18.2 Å². The number of likely N-dealkylation sites (tertiary alicyclic amines) is 1. The van der Waals surface area contributed by atoms with Crippen molar-refractivity contribution >= 4 is 11.9 Å². The Labute approximate surface area is 160 Å². The number of carbonyl (C=O) groups excluding carboxylic acids is 2. The summed E-state index contributed by atoms with van der Waals surface area (Å²) >= 11 is 0. The second kappa shape index (κ2) is 7.76. The lowest BCUT2D eigenvalue weighted by molar-refractivity contribution is -0.135. The summed E-state index contributed by atoms with van der Waals surface area (Å²) in [5.74, 6) is 0.843. The highest BCUT2D eigenvalue weighted by Crippen LogP contribution is 2.35. The number of aliphatic hydroxyl groups is 1. The second-order valence-corrected chi connectivity index (χ2v) is 7.91. The van der Waals surface area contributed by atoms with Gasteiger partial charge in [-0.25, -0.2) is 4.79 Å². The van der Waals surface area contributed by atoms with Crippen LogP contribution in [0.4, 0.5) is 4.79 Å². The van der Waals surface area contributed by atoms with Crippen LogP contribution in [0.25, 0.3) is 0 Å². The van der Waals surface area contributed by atoms with Crippen molar-refractivity contribution in [3.8, 4) is 5.75 Å². The molecule has 0 saturated carbocycles. The predicted octanol–water partition coefficient (Wildman–Crippen LogP) is 1.57. The number of carbonyl (C=O) groups is 2. The molecule has 1 aromatic rings. The largest absolute Gasteiger partial charge is 0.493 e. The van der Waals surface area contributed by atoms with Crippen LogP contribution in [0, 0.1) is 0 Å². The van der Waals surface area contributed by atoms with Crippen LogP contribution in [0.2, 0.25) is 0 Å². The molecule has 3 amide bonds. The normalized spacial score (nSPS) is 25.3. The van der Waals surface area contributed by atoms with Gasteiger partial charge in [-0.15, -0.1) is 0 Å². The van der Waals surface area contributed by atoms with E-state index in [1.54, 1.807) is 19.0 Å². The van der Waals surface area contributed by atoms with Crippen LogP contribution in [0.5, 0.6) is 5.75 Å². The summed E-state index contributed by atoms with van der Waals surface area (Å²) in [6.07, 6.45) is 1.23. The van der Waals surface area contributed by atoms with Gasteiger partial charge in [0.1, 0.15) is 5.75 Å². The third kappa shape index (κ3) is 4.35. The number of nitrogens with one attached hydrogen (secondary N) is 1. The molecule has 2 N–H and O–H groups in total. The van der Waals surface area contributed by atoms with Crippen LogP contribution in [-0.2, 0) is 4.79 Å². The van der Waals surface area contributed by atoms with Crippen LogP contribution < -0.4 is 10.1 Å². The fourth-order valence-electron chi connectivity index (χ4n) is 3.86. The van der Waals surface area contributed by atoms with Crippen LogP contribution in [0.3, 0.4) is 0 Å². The maximum absolute atomic E-state index is 12.8. The molecule has 2 aliphatic heterocycles. The zero-order chi connectivity index (χ0) is 19.6. The van der Waals surface area contributed by atoms with Crippen molar-refractivity contribution in [3.63, 3.8) is 0 Å². The zero-order valence-electron chi connectivity index (χ0n) is 16.3. The van der Waals surface area contributed by atoms with Crippen molar-refractivity contribution < 1.29 is 19.4 Å². The van der Waals surface area contributed by atoms with Crippen LogP contribution >= 0.6 is 0 Å². The van der Waals surface area contributed by atoms with Crippen LogP contribution in [0.1, 0.15) is 37.7 Å². The van der Waals surface area contributed by atoms with E-state index in [9.17, 15) is 14.7 Å². The summed E-state index contributed by atoms with van der Waals surface area (Å²) in [4.78, 5) is 27.8. The standard InChI is InChI=1S/C20H29N3O4/c1-14(16-12-27-17-8-5-4-7-15(16)17)21-19(25)23-10-6-9-20(26,13-23)11-18(24)22(2)3/h4-5,7-8,14,16,26H,6,9-13H2,1-3H3,(H,21,25). The summed E-state index contributed by atoms with van der Waals surface area (Å²) < 4.78 is 5.71. The van der Waals surface area contributed by atoms with E-state index in [1.807, 2.05) is 31.2 Å². The number of rotatable bonds is 4. The number of piperidine rings is 1. The number of fused-ring (bicyclic) bond motifs is 1. The van der Waals surface area contributed by atoms with Crippen molar-refractivity contribution in [1.29, 1.82) is 0 Å². The summed E-state index contributed by atoms with van der Waals surface area (Å²) in [7, 11) is 3.34. The molecule has 3 unspecified atom stereocenters. The lowest BCUT2D eigenvalue weighted by atomic mass is 9.89. The zero-order valence-corrected chi connectivity index (χ0v) is 16.3. The lowest BCUT2D eigenvalue weighted by Gasteiger charge is -2.39. The van der Waals surface area contributed by atoms with E-state index in [-0.39, 0.29) is 36.9 Å². The first-order valence-corrected chi connectivity index (χ1v) is 9.49. The van der Waals surface area contributed by atoms with E-state index in [2.05, 4.69) is 5.32 Å². The molecule has 2 heterocycles. The molecule has 1 saturated heterocycles. The first kappa shape index (κ1) is 19.5. The van der Waals surface area contributed by atoms with Crippen LogP contribution in [0.15, 0.2) is 24.3 Å². The maximum atomic E-state index is 12.8. The molecule has 7 heteroatoms. The highest BCUT2D eigenvalue weighted by molar-refractivity contribution is 5.78. The Morgan fingerprint density at radius 1 is 1.41 bits per heavy atom. The van der Waals surface area contributed by atoms with Gasteiger partial charge >= 0.3 is 6.03 Å². The molecule has 3 rings (SSSR count). The van der Waals surface area contributed by atoms with E-state index < -0.39 is 5.60 Å². The maximum Gasteiger partial charge on any atom is 0.317 e. The number of amides is 3. The molecule has 1 aromatic carbocycles. The Bertz CT molecular complexity index is 708. The van der Waals surface area contributed by atoms with Crippen molar-refractivity contribution in [2.75, 3.05) is 33.8 Å². The fraction of sp³-hybridized carbons (Fsp3) is 0.600. The van der Waals surface area contributed by atoms with Crippen molar-refractivity contribution in [3.05, 3.63) is 29.8 Å². The first-order valence-electron chi connectivity index (χ1n) is 9.49. The van der Waals surface area contributed by atoms with Gasteiger partial charge in [0.25, 0.3) is 0 Å². The van der Waals surface area contributed by atoms with E-state index in [0.717, 1.165) is 11.3 Å². The van der Waals surface area contributed by atoms with Gasteiger partial charge in [0.2, 0.25) is 5.91 Å². The summed E-state index contributed by atoms with van der Waals surface area (Å²) in [6, 6.07) is 7.58. The predicted molar refractivity (Wildman–Crippen MR) is 102 cm³/mol. The molecular formula is C20H29N3O4. The topological polar surface area (TPSA) is 82.1 Å². The van der Waals surface area contributed by atoms with Gasteiger partial charge in [-0.2, -0.15) is 0 Å². The summed E-state index contributed by atoms with van der Waals surface area (Å²) in [6.45, 7) is 3.26. The van der Waals surface area contributed by atoms with Gasteiger partial charge in [0.05, 0.1) is 25.2 Å². The fourth-order valence-corrected chi connectivity index (χ4v) is 3.86. The molecular weight excluding hydrogens is 346 g/mol. The number of ether oxygens (including phenoxy) is 1. The molecule has 0 aliphatic carbocycles. The molecule has 0 bridgehead atoms. The van der Waals surface area contributed by atoms with Gasteiger partial charge in [-0.3, -0.25) is 4.79 Å². The smallest absolute Gasteiger partial charge is 0.317 e. The minimum atomic E-state index is -1.16. The van der Waals surface area contributed by atoms with E-state index in [0.29, 0.717) is 26.0 Å². The second-order valence-electron chi connectivity index (χ2n) is 7.91. The van der Waals surface area contributed by atoms with Crippen molar-refractivity contribution in [1.82, 2.24) is 15.1 Å². The molecule has 1 fully saturated rings. The Hall–Kier alpha value is -2.28. The third-order valence-electron chi connectivity index (χ3n) is 5.51. The molecule has 2 aliphatic rings. The third-order valence-corrected chi connectivity index (χ3v) is 5.51. The average Bonchev–Trinajstić information content (AvgIpc) is 3.05. The summed E-state index contributed by atoms with van der Waals surface area (Å²) in [5, 5.41) is 13.8. The average molecular weight is 375 g/mol. The van der Waals surface area contributed by atoms with Gasteiger partial charge in [0.15, 0.2) is 0 Å². The number of hydrogen-bond donors (Lipinski definition) is 2. The number of β-amino-alcohol motifs (C(OH)–C–C–N with tert-alkyl or cyclic N) is 1. The van der Waals surface area contributed by atoms with Gasteiger partial charge < -0.3 is 25.0 Å². The van der Waals surface area contributed by atoms with E-state index in [1.165, 1.54) is 4.90 Å². The number of urea groups is 1. The minimum Gasteiger partial charge on any atom is -0.493 e.